The minimum Gasteiger partial charge on any atom is -0.457 e. The van der Waals surface area contributed by atoms with Crippen LogP contribution in [0.3, 0.4) is 0 Å². The first kappa shape index (κ1) is 19.0. The number of aromatic nitrogens is 2. The van der Waals surface area contributed by atoms with Gasteiger partial charge < -0.3 is 9.84 Å². The van der Waals surface area contributed by atoms with Crippen LogP contribution < -0.4 is 4.74 Å². The third-order valence-corrected chi connectivity index (χ3v) is 6.81. The average molecular weight is 416 g/mol. The smallest absolute Gasteiger partial charge is 0.138 e. The summed E-state index contributed by atoms with van der Waals surface area (Å²) in [7, 11) is 0. The quantitative estimate of drug-likeness (QED) is 0.469. The van der Waals surface area contributed by atoms with E-state index in [2.05, 4.69) is 11.1 Å². The topological polar surface area (TPSA) is 79.0 Å². The second-order valence-corrected chi connectivity index (χ2v) is 8.92. The molecule has 6 heteroatoms. The molecule has 0 spiro atoms. The van der Waals surface area contributed by atoms with Crippen molar-refractivity contribution in [3.8, 4) is 17.6 Å². The molecule has 5 nitrogen and oxygen atoms in total. The number of thiazole rings is 1. The Morgan fingerprint density at radius 3 is 2.83 bits per heavy atom. The summed E-state index contributed by atoms with van der Waals surface area (Å²) < 4.78 is 7.24. The van der Waals surface area contributed by atoms with Crippen LogP contribution in [0.15, 0.2) is 48.7 Å². The molecule has 2 heterocycles. The second-order valence-electron chi connectivity index (χ2n) is 7.81. The van der Waals surface area contributed by atoms with E-state index in [0.29, 0.717) is 17.2 Å². The molecule has 30 heavy (non-hydrogen) atoms. The monoisotopic (exact) mass is 415 g/mol. The maximum Gasteiger partial charge on any atom is 0.138 e. The highest BCUT2D eigenvalue weighted by Crippen LogP contribution is 2.34. The van der Waals surface area contributed by atoms with E-state index in [0.717, 1.165) is 57.6 Å². The summed E-state index contributed by atoms with van der Waals surface area (Å²) in [5.41, 5.74) is 2.32. The number of aliphatic hydroxyl groups excluding tert-OH is 1. The fraction of sp³-hybridized carbons (Fsp3) is 0.292. The molecule has 2 atom stereocenters. The van der Waals surface area contributed by atoms with Crippen molar-refractivity contribution >= 4 is 32.5 Å². The van der Waals surface area contributed by atoms with Crippen LogP contribution in [-0.4, -0.2) is 21.2 Å². The Labute approximate surface area is 178 Å². The highest BCUT2D eigenvalue weighted by molar-refractivity contribution is 7.18. The molecule has 1 N–H and O–H groups in total. The van der Waals surface area contributed by atoms with Crippen LogP contribution in [0.25, 0.3) is 21.1 Å². The van der Waals surface area contributed by atoms with Crippen LogP contribution in [0.5, 0.6) is 11.5 Å². The van der Waals surface area contributed by atoms with E-state index in [9.17, 15) is 10.4 Å². The number of rotatable bonds is 4. The lowest BCUT2D eigenvalue weighted by Crippen LogP contribution is -2.26. The van der Waals surface area contributed by atoms with E-state index in [1.807, 2.05) is 30.3 Å². The molecule has 4 aromatic rings. The van der Waals surface area contributed by atoms with Crippen molar-refractivity contribution in [2.45, 2.75) is 38.2 Å². The minimum absolute atomic E-state index is 0.206. The number of pyridine rings is 1. The molecule has 2 aromatic heterocycles. The maximum absolute atomic E-state index is 10.3. The Kier molecular flexibility index (Phi) is 5.07. The predicted octanol–water partition coefficient (Wildman–Crippen LogP) is 5.60. The van der Waals surface area contributed by atoms with Crippen LogP contribution in [0, 0.1) is 17.2 Å². The normalized spacial score (nSPS) is 19.1. The number of hydrogen-bond donors (Lipinski definition) is 1. The zero-order valence-corrected chi connectivity index (χ0v) is 17.2. The van der Waals surface area contributed by atoms with Gasteiger partial charge in [-0.05, 0) is 55.2 Å². The Hall–Kier alpha value is -3.01. The molecule has 0 amide bonds. The third kappa shape index (κ3) is 3.74. The van der Waals surface area contributed by atoms with Gasteiger partial charge in [0.1, 0.15) is 11.5 Å². The highest BCUT2D eigenvalue weighted by atomic mass is 32.1. The first-order chi connectivity index (χ1) is 14.7. The van der Waals surface area contributed by atoms with E-state index in [4.69, 9.17) is 9.72 Å². The summed E-state index contributed by atoms with van der Waals surface area (Å²) in [6.07, 6.45) is 6.63. The molecule has 1 fully saturated rings. The number of aliphatic hydroxyl groups is 1. The Morgan fingerprint density at radius 2 is 1.97 bits per heavy atom. The Bertz CT molecular complexity index is 1260. The molecule has 1 saturated carbocycles. The van der Waals surface area contributed by atoms with Crippen LogP contribution in [0.2, 0.25) is 0 Å². The van der Waals surface area contributed by atoms with Gasteiger partial charge in [0.25, 0.3) is 0 Å². The maximum atomic E-state index is 10.3. The van der Waals surface area contributed by atoms with Crippen molar-refractivity contribution in [3.05, 3.63) is 59.2 Å². The van der Waals surface area contributed by atoms with Gasteiger partial charge in [0.15, 0.2) is 0 Å². The summed E-state index contributed by atoms with van der Waals surface area (Å²) in [5.74, 6) is 1.71. The number of benzene rings is 2. The van der Waals surface area contributed by atoms with Crippen molar-refractivity contribution < 1.29 is 9.84 Å². The number of ether oxygens (including phenoxy) is 1. The van der Waals surface area contributed by atoms with Crippen molar-refractivity contribution in [3.63, 3.8) is 0 Å². The molecule has 150 valence electrons. The molecule has 2 aromatic carbocycles. The zero-order valence-electron chi connectivity index (χ0n) is 16.4. The largest absolute Gasteiger partial charge is 0.457 e. The number of nitriles is 1. The van der Waals surface area contributed by atoms with E-state index in [1.165, 1.54) is 6.42 Å². The molecule has 0 saturated heterocycles. The van der Waals surface area contributed by atoms with Gasteiger partial charge in [0.05, 0.1) is 38.5 Å². The van der Waals surface area contributed by atoms with E-state index in [-0.39, 0.29) is 6.10 Å². The molecule has 0 radical (unpaired) electrons. The van der Waals surface area contributed by atoms with Gasteiger partial charge in [-0.2, -0.15) is 5.26 Å². The van der Waals surface area contributed by atoms with Gasteiger partial charge in [0.2, 0.25) is 0 Å². The Balaban J connectivity index is 1.42. The molecule has 1 aliphatic rings. The molecule has 0 aliphatic heterocycles. The van der Waals surface area contributed by atoms with Gasteiger partial charge in [-0.3, -0.25) is 4.98 Å². The van der Waals surface area contributed by atoms with Crippen LogP contribution >= 0.6 is 11.3 Å². The standard InChI is InChI=1S/C24H21N3O2S/c25-14-15-5-7-19-18(11-15)22(9-10-26-19)29-17-6-8-20-23(13-17)30-24(27-20)12-16-3-1-2-4-21(16)28/h5-11,13,16,21,28H,1-4,12H2/t16-,21+/m0/s1. The van der Waals surface area contributed by atoms with Crippen molar-refractivity contribution in [2.75, 3.05) is 0 Å². The minimum atomic E-state index is -0.206. The first-order valence-corrected chi connectivity index (χ1v) is 11.1. The van der Waals surface area contributed by atoms with Crippen molar-refractivity contribution in [2.24, 2.45) is 5.92 Å². The van der Waals surface area contributed by atoms with Crippen LogP contribution in [-0.2, 0) is 6.42 Å². The lowest BCUT2D eigenvalue weighted by Gasteiger charge is -2.26. The third-order valence-electron chi connectivity index (χ3n) is 5.77. The zero-order chi connectivity index (χ0) is 20.5. The van der Waals surface area contributed by atoms with Crippen molar-refractivity contribution in [1.29, 1.82) is 5.26 Å². The summed E-state index contributed by atoms with van der Waals surface area (Å²) in [6.45, 7) is 0. The summed E-state index contributed by atoms with van der Waals surface area (Å²) in [6, 6.07) is 15.3. The molecule has 1 aliphatic carbocycles. The van der Waals surface area contributed by atoms with E-state index in [1.54, 1.807) is 29.7 Å². The summed E-state index contributed by atoms with van der Waals surface area (Å²) >= 11 is 1.67. The molecular formula is C24H21N3O2S. The van der Waals surface area contributed by atoms with Gasteiger partial charge in [-0.1, -0.05) is 12.8 Å². The average Bonchev–Trinajstić information content (AvgIpc) is 3.17. The van der Waals surface area contributed by atoms with Gasteiger partial charge in [0, 0.05) is 24.1 Å². The van der Waals surface area contributed by atoms with Gasteiger partial charge in [-0.25, -0.2) is 4.98 Å². The Morgan fingerprint density at radius 1 is 1.10 bits per heavy atom. The second kappa shape index (κ2) is 8.02. The SMILES string of the molecule is N#Cc1ccc2nccc(Oc3ccc4nc(C[C@@H]5CCCC[C@H]5O)sc4c3)c2c1. The summed E-state index contributed by atoms with van der Waals surface area (Å²) in [5, 5.41) is 21.4. The number of nitrogens with zero attached hydrogens (tertiary/aromatic N) is 3. The molecule has 0 bridgehead atoms. The fourth-order valence-electron chi connectivity index (χ4n) is 4.16. The number of hydrogen-bond acceptors (Lipinski definition) is 6. The molecule has 5 rings (SSSR count). The van der Waals surface area contributed by atoms with Crippen LogP contribution in [0.4, 0.5) is 0 Å². The number of fused-ring (bicyclic) bond motifs is 2. The van der Waals surface area contributed by atoms with E-state index < -0.39 is 0 Å². The van der Waals surface area contributed by atoms with Crippen molar-refractivity contribution in [1.82, 2.24) is 9.97 Å². The lowest BCUT2D eigenvalue weighted by atomic mass is 9.84. The molecular weight excluding hydrogens is 394 g/mol. The van der Waals surface area contributed by atoms with Crippen LogP contribution in [0.1, 0.15) is 36.3 Å². The molecule has 0 unspecified atom stereocenters. The first-order valence-electron chi connectivity index (χ1n) is 10.2. The lowest BCUT2D eigenvalue weighted by molar-refractivity contribution is 0.0700. The van der Waals surface area contributed by atoms with Gasteiger partial charge in [-0.15, -0.1) is 11.3 Å². The summed E-state index contributed by atoms with van der Waals surface area (Å²) in [4.78, 5) is 9.12. The highest BCUT2D eigenvalue weighted by Gasteiger charge is 2.24. The predicted molar refractivity (Wildman–Crippen MR) is 118 cm³/mol. The van der Waals surface area contributed by atoms with Gasteiger partial charge >= 0.3 is 0 Å². The van der Waals surface area contributed by atoms with E-state index >= 15 is 0 Å². The fourth-order valence-corrected chi connectivity index (χ4v) is 5.25.